The zero-order valence-electron chi connectivity index (χ0n) is 17.5. The van der Waals surface area contributed by atoms with E-state index in [0.29, 0.717) is 6.04 Å². The van der Waals surface area contributed by atoms with Crippen LogP contribution in [0.1, 0.15) is 60.9 Å². The molecule has 0 aliphatic heterocycles. The quantitative estimate of drug-likeness (QED) is 0.605. The largest absolute Gasteiger partial charge is 0.365 e. The normalized spacial score (nSPS) is 23.1. The molecule has 1 aromatic heterocycles. The summed E-state index contributed by atoms with van der Waals surface area (Å²) in [6, 6.07) is 12.9. The molecule has 0 saturated heterocycles. The van der Waals surface area contributed by atoms with Gasteiger partial charge in [-0.3, -0.25) is 14.3 Å². The first-order valence-electron chi connectivity index (χ1n) is 10.9. The zero-order chi connectivity index (χ0) is 21.8. The van der Waals surface area contributed by atoms with E-state index in [4.69, 9.17) is 5.73 Å². The average Bonchev–Trinajstić information content (AvgIpc) is 3.54. The van der Waals surface area contributed by atoms with Crippen molar-refractivity contribution in [1.82, 2.24) is 15.1 Å². The number of nitrogens with two attached hydrogens (primary N) is 1. The Kier molecular flexibility index (Phi) is 6.05. The Labute approximate surface area is 181 Å². The highest BCUT2D eigenvalue weighted by atomic mass is 16.2. The summed E-state index contributed by atoms with van der Waals surface area (Å²) in [6.07, 6.45) is 6.89. The van der Waals surface area contributed by atoms with E-state index < -0.39 is 11.4 Å². The van der Waals surface area contributed by atoms with Crippen LogP contribution in [0, 0.1) is 17.2 Å². The van der Waals surface area contributed by atoms with E-state index in [1.807, 2.05) is 18.2 Å². The average molecular weight is 421 g/mol. The van der Waals surface area contributed by atoms with Gasteiger partial charge < -0.3 is 16.4 Å². The fourth-order valence-electron chi connectivity index (χ4n) is 4.31. The van der Waals surface area contributed by atoms with Crippen molar-refractivity contribution in [2.75, 3.05) is 5.32 Å². The molecular formula is C23H28N6O2. The third-order valence-electron chi connectivity index (χ3n) is 6.42. The van der Waals surface area contributed by atoms with Gasteiger partial charge in [0.15, 0.2) is 5.82 Å². The number of nitrogens with one attached hydrogen (secondary N) is 2. The smallest absolute Gasteiger partial charge is 0.254 e. The molecule has 4 rings (SSSR count). The zero-order valence-corrected chi connectivity index (χ0v) is 17.5. The first-order chi connectivity index (χ1) is 15.0. The van der Waals surface area contributed by atoms with Gasteiger partial charge in [-0.1, -0.05) is 30.3 Å². The second-order valence-electron chi connectivity index (χ2n) is 8.66. The van der Waals surface area contributed by atoms with Crippen molar-refractivity contribution in [1.29, 1.82) is 5.26 Å². The first kappa shape index (κ1) is 21.1. The fraction of sp³-hybridized carbons (Fsp3) is 0.478. The van der Waals surface area contributed by atoms with E-state index in [1.165, 1.54) is 5.56 Å². The van der Waals surface area contributed by atoms with Crippen LogP contribution < -0.4 is 16.4 Å². The van der Waals surface area contributed by atoms with E-state index >= 15 is 0 Å². The Hall–Kier alpha value is -3.18. The molecule has 31 heavy (non-hydrogen) atoms. The number of anilines is 1. The van der Waals surface area contributed by atoms with Gasteiger partial charge >= 0.3 is 0 Å². The molecule has 0 bridgehead atoms. The summed E-state index contributed by atoms with van der Waals surface area (Å²) in [5, 5.41) is 20.4. The molecule has 0 unspecified atom stereocenters. The Morgan fingerprint density at radius 1 is 1.19 bits per heavy atom. The van der Waals surface area contributed by atoms with E-state index in [2.05, 4.69) is 33.9 Å². The summed E-state index contributed by atoms with van der Waals surface area (Å²) in [6.45, 7) is 0.807. The molecule has 0 radical (unpaired) electrons. The summed E-state index contributed by atoms with van der Waals surface area (Å²) >= 11 is 0. The summed E-state index contributed by atoms with van der Waals surface area (Å²) < 4.78 is 1.70. The van der Waals surface area contributed by atoms with Gasteiger partial charge in [-0.2, -0.15) is 10.4 Å². The van der Waals surface area contributed by atoms with Crippen LogP contribution in [0.25, 0.3) is 0 Å². The van der Waals surface area contributed by atoms with Gasteiger partial charge in [0.05, 0.1) is 18.0 Å². The third-order valence-corrected chi connectivity index (χ3v) is 6.42. The number of carbonyl (C=O) groups is 2. The highest BCUT2D eigenvalue weighted by Crippen LogP contribution is 2.39. The van der Waals surface area contributed by atoms with Gasteiger partial charge in [0.2, 0.25) is 5.91 Å². The van der Waals surface area contributed by atoms with Crippen LogP contribution in [0.15, 0.2) is 36.5 Å². The van der Waals surface area contributed by atoms with E-state index in [0.717, 1.165) is 45.1 Å². The van der Waals surface area contributed by atoms with Crippen LogP contribution in [-0.4, -0.2) is 27.6 Å². The van der Waals surface area contributed by atoms with Gasteiger partial charge in [-0.25, -0.2) is 0 Å². The Morgan fingerprint density at radius 3 is 2.52 bits per heavy atom. The lowest BCUT2D eigenvalue weighted by Gasteiger charge is -2.39. The summed E-state index contributed by atoms with van der Waals surface area (Å²) in [5.74, 6) is -0.574. The van der Waals surface area contributed by atoms with Crippen molar-refractivity contribution in [2.45, 2.75) is 63.1 Å². The van der Waals surface area contributed by atoms with Crippen LogP contribution >= 0.6 is 0 Å². The van der Waals surface area contributed by atoms with Gasteiger partial charge in [-0.05, 0) is 44.1 Å². The molecule has 2 aromatic rings. The fourth-order valence-corrected chi connectivity index (χ4v) is 4.31. The number of nitrogens with zero attached hydrogens (tertiary/aromatic N) is 3. The maximum atomic E-state index is 12.2. The van der Waals surface area contributed by atoms with Gasteiger partial charge in [0.25, 0.3) is 5.91 Å². The number of amides is 2. The molecule has 2 amide bonds. The van der Waals surface area contributed by atoms with E-state index in [1.54, 1.807) is 10.9 Å². The number of hydrogen-bond donors (Lipinski definition) is 3. The molecule has 2 saturated carbocycles. The molecule has 4 N–H and O–H groups in total. The molecule has 0 spiro atoms. The van der Waals surface area contributed by atoms with Crippen molar-refractivity contribution >= 4 is 17.6 Å². The third kappa shape index (κ3) is 4.78. The van der Waals surface area contributed by atoms with Crippen molar-refractivity contribution in [3.63, 3.8) is 0 Å². The first-order valence-corrected chi connectivity index (χ1v) is 10.9. The van der Waals surface area contributed by atoms with Crippen LogP contribution in [0.3, 0.4) is 0 Å². The minimum Gasteiger partial charge on any atom is -0.365 e. The molecule has 1 heterocycles. The lowest BCUT2D eigenvalue weighted by Crippen LogP contribution is -2.43. The standard InChI is InChI=1S/C23H28N6O2/c24-13-12-23(10-8-18(9-11-23)26-14-16-4-2-1-3-5-16)29-15-19(20(25)30)21(28-29)27-22(31)17-6-7-17/h1-5,15,17-18,26H,6-12,14H2,(H2,25,30)(H,27,28,31)/t18-,23+. The van der Waals surface area contributed by atoms with Gasteiger partial charge in [0, 0.05) is 24.7 Å². The molecule has 2 fully saturated rings. The second-order valence-corrected chi connectivity index (χ2v) is 8.66. The number of aromatic nitrogens is 2. The van der Waals surface area contributed by atoms with Gasteiger partial charge in [0.1, 0.15) is 5.56 Å². The second kappa shape index (κ2) is 8.90. The Bertz CT molecular complexity index is 981. The monoisotopic (exact) mass is 420 g/mol. The van der Waals surface area contributed by atoms with Crippen molar-refractivity contribution in [2.24, 2.45) is 11.7 Å². The number of rotatable bonds is 8. The molecule has 2 aliphatic carbocycles. The molecule has 0 atom stereocenters. The molecule has 2 aliphatic rings. The maximum Gasteiger partial charge on any atom is 0.254 e. The number of nitriles is 1. The predicted octanol–water partition coefficient (Wildman–Crippen LogP) is 2.67. The lowest BCUT2D eigenvalue weighted by molar-refractivity contribution is -0.117. The van der Waals surface area contributed by atoms with Crippen molar-refractivity contribution < 1.29 is 9.59 Å². The topological polar surface area (TPSA) is 126 Å². The summed E-state index contributed by atoms with van der Waals surface area (Å²) in [7, 11) is 0. The number of carbonyl (C=O) groups excluding carboxylic acids is 2. The molecule has 8 heteroatoms. The van der Waals surface area contributed by atoms with Crippen LogP contribution in [0.2, 0.25) is 0 Å². The van der Waals surface area contributed by atoms with Gasteiger partial charge in [-0.15, -0.1) is 0 Å². The number of hydrogen-bond acceptors (Lipinski definition) is 5. The van der Waals surface area contributed by atoms with Crippen LogP contribution in [0.4, 0.5) is 5.82 Å². The van der Waals surface area contributed by atoms with E-state index in [-0.39, 0.29) is 29.6 Å². The predicted molar refractivity (Wildman–Crippen MR) is 116 cm³/mol. The summed E-state index contributed by atoms with van der Waals surface area (Å²) in [5.41, 5.74) is 6.46. The summed E-state index contributed by atoms with van der Waals surface area (Å²) in [4.78, 5) is 24.2. The highest BCUT2D eigenvalue weighted by molar-refractivity contribution is 6.02. The maximum absolute atomic E-state index is 12.2. The minimum atomic E-state index is -0.636. The van der Waals surface area contributed by atoms with Crippen molar-refractivity contribution in [3.8, 4) is 6.07 Å². The van der Waals surface area contributed by atoms with Crippen molar-refractivity contribution in [3.05, 3.63) is 47.7 Å². The molecule has 1 aromatic carbocycles. The number of primary amides is 1. The molecule has 8 nitrogen and oxygen atoms in total. The minimum absolute atomic E-state index is 0.00919. The van der Waals surface area contributed by atoms with E-state index in [9.17, 15) is 14.9 Å². The lowest BCUT2D eigenvalue weighted by atomic mass is 9.77. The SMILES string of the molecule is N#CC[C@]1(n2cc(C(N)=O)c(NC(=O)C3CC3)n2)CC[C@@H](NCc2ccccc2)CC1. The molecule has 162 valence electrons. The van der Waals surface area contributed by atoms with Crippen LogP contribution in [-0.2, 0) is 16.9 Å². The number of benzene rings is 1. The highest BCUT2D eigenvalue weighted by Gasteiger charge is 2.39. The van der Waals surface area contributed by atoms with Crippen LogP contribution in [0.5, 0.6) is 0 Å². The Morgan fingerprint density at radius 2 is 1.90 bits per heavy atom. The molecular weight excluding hydrogens is 392 g/mol. The Balaban J connectivity index is 1.47.